The molecule has 0 amide bonds. The Balaban J connectivity index is 1.72. The number of hydrogen-bond acceptors (Lipinski definition) is 6. The van der Waals surface area contributed by atoms with Crippen LogP contribution in [0.4, 0.5) is 0 Å². The van der Waals surface area contributed by atoms with Gasteiger partial charge in [-0.05, 0) is 50.1 Å². The van der Waals surface area contributed by atoms with Gasteiger partial charge in [0.15, 0.2) is 11.5 Å². The Hall–Kier alpha value is -2.77. The molecule has 2 aromatic heterocycles. The van der Waals surface area contributed by atoms with Crippen LogP contribution in [0.25, 0.3) is 28.1 Å². The highest BCUT2D eigenvalue weighted by atomic mass is 16.5. The number of aromatic nitrogens is 4. The van der Waals surface area contributed by atoms with Crippen molar-refractivity contribution in [2.24, 2.45) is 0 Å². The van der Waals surface area contributed by atoms with Gasteiger partial charge in [0.05, 0.1) is 30.8 Å². The summed E-state index contributed by atoms with van der Waals surface area (Å²) in [6, 6.07) is 7.58. The van der Waals surface area contributed by atoms with E-state index >= 15 is 0 Å². The van der Waals surface area contributed by atoms with Crippen LogP contribution in [-0.2, 0) is 4.74 Å². The molecule has 0 spiro atoms. The number of nitrogens with one attached hydrogen (secondary N) is 1. The summed E-state index contributed by atoms with van der Waals surface area (Å²) in [5, 5.41) is 13.8. The quantitative estimate of drug-likeness (QED) is 0.730. The van der Waals surface area contributed by atoms with Gasteiger partial charge in [-0.15, -0.1) is 0 Å². The van der Waals surface area contributed by atoms with Crippen LogP contribution in [0.1, 0.15) is 31.0 Å². The Bertz CT molecular complexity index is 1040. The van der Waals surface area contributed by atoms with Crippen molar-refractivity contribution in [2.45, 2.75) is 25.3 Å². The molecule has 2 N–H and O–H groups in total. The topological polar surface area (TPSA) is 85.1 Å². The van der Waals surface area contributed by atoms with Crippen molar-refractivity contribution in [1.29, 1.82) is 0 Å². The van der Waals surface area contributed by atoms with Gasteiger partial charge in [0, 0.05) is 6.04 Å². The molecule has 3 aromatic rings. The monoisotopic (exact) mass is 377 g/mol. The maximum atomic E-state index is 10.4. The van der Waals surface area contributed by atoms with Crippen molar-refractivity contribution in [3.8, 4) is 17.1 Å². The molecule has 0 saturated carbocycles. The fourth-order valence-corrected chi connectivity index (χ4v) is 4.02. The minimum Gasteiger partial charge on any atom is -0.507 e. The Morgan fingerprint density at radius 3 is 2.79 bits per heavy atom. The highest BCUT2D eigenvalue weighted by molar-refractivity contribution is 5.87. The second-order valence-corrected chi connectivity index (χ2v) is 7.27. The Kier molecular flexibility index (Phi) is 4.54. The molecule has 5 rings (SSSR count). The molecule has 1 fully saturated rings. The van der Waals surface area contributed by atoms with Crippen LogP contribution in [0.2, 0.25) is 0 Å². The van der Waals surface area contributed by atoms with E-state index < -0.39 is 0 Å². The van der Waals surface area contributed by atoms with Crippen LogP contribution >= 0.6 is 0 Å². The number of aromatic hydroxyl groups is 1. The number of benzene rings is 1. The third-order valence-electron chi connectivity index (χ3n) is 5.54. The zero-order valence-electron chi connectivity index (χ0n) is 15.6. The number of phenolic OH excluding ortho intramolecular Hbond substituents is 1. The smallest absolute Gasteiger partial charge is 0.166 e. The molecule has 1 saturated heterocycles. The van der Waals surface area contributed by atoms with Gasteiger partial charge in [-0.25, -0.2) is 15.0 Å². The van der Waals surface area contributed by atoms with Gasteiger partial charge in [0.2, 0.25) is 0 Å². The van der Waals surface area contributed by atoms with E-state index in [1.165, 1.54) is 0 Å². The van der Waals surface area contributed by atoms with Crippen LogP contribution in [-0.4, -0.2) is 50.9 Å². The molecule has 7 nitrogen and oxygen atoms in total. The lowest BCUT2D eigenvalue weighted by Crippen LogP contribution is -2.29. The molecular weight excluding hydrogens is 354 g/mol. The van der Waals surface area contributed by atoms with Gasteiger partial charge in [-0.1, -0.05) is 18.2 Å². The number of phenols is 1. The Morgan fingerprint density at radius 2 is 2.00 bits per heavy atom. The fourth-order valence-electron chi connectivity index (χ4n) is 4.02. The molecule has 1 aromatic carbocycles. The van der Waals surface area contributed by atoms with Gasteiger partial charge >= 0.3 is 0 Å². The molecule has 0 aliphatic carbocycles. The lowest BCUT2D eigenvalue weighted by molar-refractivity contribution is 0.161. The third-order valence-corrected chi connectivity index (χ3v) is 5.54. The summed E-state index contributed by atoms with van der Waals surface area (Å²) in [5.74, 6) is 0.713. The van der Waals surface area contributed by atoms with Crippen molar-refractivity contribution in [1.82, 2.24) is 24.8 Å². The fraction of sp³-hybridized carbons (Fsp3) is 0.381. The predicted octanol–water partition coefficient (Wildman–Crippen LogP) is 2.93. The van der Waals surface area contributed by atoms with Gasteiger partial charge in [-0.3, -0.25) is 0 Å². The standard InChI is InChI=1S/C21H23N5O2/c27-17-4-2-1-3-16(17)20-24-18(14-7-11-28-12-8-14)19-21(25-20)26(13-23-19)15-5-9-22-10-6-15/h1-4,7,13,15,22,27H,5-6,8-12H2. The number of rotatable bonds is 3. The third kappa shape index (κ3) is 3.06. The molecule has 7 heteroatoms. The maximum Gasteiger partial charge on any atom is 0.166 e. The average Bonchev–Trinajstić information content (AvgIpc) is 3.19. The summed E-state index contributed by atoms with van der Waals surface area (Å²) in [6.45, 7) is 3.26. The normalized spacial score (nSPS) is 18.4. The Labute approximate surface area is 163 Å². The summed E-state index contributed by atoms with van der Waals surface area (Å²) < 4.78 is 7.66. The molecule has 0 radical (unpaired) electrons. The summed E-state index contributed by atoms with van der Waals surface area (Å²) >= 11 is 0. The minimum atomic E-state index is 0.182. The van der Waals surface area contributed by atoms with Crippen LogP contribution in [0.15, 0.2) is 36.7 Å². The lowest BCUT2D eigenvalue weighted by Gasteiger charge is -2.24. The maximum absolute atomic E-state index is 10.4. The number of piperidine rings is 1. The van der Waals surface area contributed by atoms with Crippen molar-refractivity contribution >= 4 is 16.7 Å². The minimum absolute atomic E-state index is 0.182. The summed E-state index contributed by atoms with van der Waals surface area (Å²) in [5.41, 5.74) is 4.27. The van der Waals surface area contributed by atoms with Crippen LogP contribution in [0.5, 0.6) is 5.75 Å². The predicted molar refractivity (Wildman–Crippen MR) is 107 cm³/mol. The SMILES string of the molecule is Oc1ccccc1-c1nc(C2=CCOCC2)c2ncn(C3CCNCC3)c2n1. The highest BCUT2D eigenvalue weighted by Crippen LogP contribution is 2.33. The van der Waals surface area contributed by atoms with E-state index in [1.807, 2.05) is 18.5 Å². The van der Waals surface area contributed by atoms with Gasteiger partial charge in [0.1, 0.15) is 11.3 Å². The van der Waals surface area contributed by atoms with E-state index in [0.717, 1.165) is 54.8 Å². The van der Waals surface area contributed by atoms with E-state index in [1.54, 1.807) is 12.1 Å². The second kappa shape index (κ2) is 7.33. The summed E-state index contributed by atoms with van der Waals surface area (Å²) in [7, 11) is 0. The van der Waals surface area contributed by atoms with Gasteiger partial charge in [-0.2, -0.15) is 0 Å². The van der Waals surface area contributed by atoms with E-state index in [9.17, 15) is 5.11 Å². The molecule has 0 unspecified atom stereocenters. The van der Waals surface area contributed by atoms with Crippen LogP contribution in [0, 0.1) is 0 Å². The summed E-state index contributed by atoms with van der Waals surface area (Å²) in [4.78, 5) is 14.4. The molecular formula is C21H23N5O2. The first kappa shape index (κ1) is 17.3. The molecule has 144 valence electrons. The molecule has 28 heavy (non-hydrogen) atoms. The lowest BCUT2D eigenvalue weighted by atomic mass is 10.0. The first-order valence-electron chi connectivity index (χ1n) is 9.82. The average molecular weight is 377 g/mol. The zero-order valence-corrected chi connectivity index (χ0v) is 15.6. The number of nitrogens with zero attached hydrogens (tertiary/aromatic N) is 4. The Morgan fingerprint density at radius 1 is 1.14 bits per heavy atom. The van der Waals surface area contributed by atoms with E-state index in [2.05, 4.69) is 16.0 Å². The molecule has 0 bridgehead atoms. The largest absolute Gasteiger partial charge is 0.507 e. The molecule has 2 aliphatic heterocycles. The van der Waals surface area contributed by atoms with Crippen molar-refractivity contribution in [2.75, 3.05) is 26.3 Å². The summed E-state index contributed by atoms with van der Waals surface area (Å²) in [6.07, 6.45) is 6.86. The van der Waals surface area contributed by atoms with Crippen LogP contribution < -0.4 is 5.32 Å². The van der Waals surface area contributed by atoms with Gasteiger partial charge < -0.3 is 19.7 Å². The number of imidazole rings is 1. The van der Waals surface area contributed by atoms with Crippen molar-refractivity contribution in [3.63, 3.8) is 0 Å². The van der Waals surface area contributed by atoms with E-state index in [4.69, 9.17) is 19.7 Å². The van der Waals surface area contributed by atoms with E-state index in [0.29, 0.717) is 30.6 Å². The first-order chi connectivity index (χ1) is 13.8. The number of ether oxygens (including phenoxy) is 1. The second-order valence-electron chi connectivity index (χ2n) is 7.27. The van der Waals surface area contributed by atoms with Crippen LogP contribution in [0.3, 0.4) is 0 Å². The molecule has 0 atom stereocenters. The van der Waals surface area contributed by atoms with Crippen molar-refractivity contribution in [3.05, 3.63) is 42.4 Å². The first-order valence-corrected chi connectivity index (χ1v) is 9.82. The molecule has 2 aliphatic rings. The van der Waals surface area contributed by atoms with Gasteiger partial charge in [0.25, 0.3) is 0 Å². The molecule has 4 heterocycles. The highest BCUT2D eigenvalue weighted by Gasteiger charge is 2.23. The van der Waals surface area contributed by atoms with Crippen molar-refractivity contribution < 1.29 is 9.84 Å². The van der Waals surface area contributed by atoms with E-state index in [-0.39, 0.29) is 5.75 Å². The number of fused-ring (bicyclic) bond motifs is 1. The number of hydrogen-bond donors (Lipinski definition) is 2. The zero-order chi connectivity index (χ0) is 18.9. The number of para-hydroxylation sites is 1.